The van der Waals surface area contributed by atoms with Crippen LogP contribution in [-0.4, -0.2) is 24.1 Å². The summed E-state index contributed by atoms with van der Waals surface area (Å²) in [6.07, 6.45) is 0. The maximum Gasteiger partial charge on any atom is 0.164 e. The van der Waals surface area contributed by atoms with E-state index in [1.165, 1.54) is 5.39 Å². The second-order valence-corrected chi connectivity index (χ2v) is 16.3. The lowest BCUT2D eigenvalue weighted by Crippen LogP contribution is -2.02. The van der Waals surface area contributed by atoms with Gasteiger partial charge in [0.05, 0.1) is 33.3 Å². The molecular weight excluding hydrogens is 797 g/mol. The third-order valence-corrected chi connectivity index (χ3v) is 12.6. The molecule has 4 aromatic heterocycles. The van der Waals surface area contributed by atoms with E-state index in [-0.39, 0.29) is 0 Å². The van der Waals surface area contributed by atoms with Crippen LogP contribution in [0.1, 0.15) is 5.56 Å². The van der Waals surface area contributed by atoms with Crippen molar-refractivity contribution < 1.29 is 4.42 Å². The van der Waals surface area contributed by atoms with Gasteiger partial charge in [0.1, 0.15) is 11.7 Å². The third kappa shape index (κ3) is 5.78. The molecule has 0 aliphatic rings. The number of para-hydroxylation sites is 3. The summed E-state index contributed by atoms with van der Waals surface area (Å²) in [7, 11) is 0. The summed E-state index contributed by atoms with van der Waals surface area (Å²) in [5.74, 6) is 1.58. The highest BCUT2D eigenvalue weighted by atomic mass is 16.3. The van der Waals surface area contributed by atoms with Crippen LogP contribution in [0.15, 0.2) is 211 Å². The lowest BCUT2D eigenvalue weighted by molar-refractivity contribution is 0.671. The smallest absolute Gasteiger partial charge is 0.164 e. The van der Waals surface area contributed by atoms with Crippen molar-refractivity contribution in [3.63, 3.8) is 0 Å². The Morgan fingerprint density at radius 3 is 1.68 bits per heavy atom. The quantitative estimate of drug-likeness (QED) is 0.167. The first-order valence-electron chi connectivity index (χ1n) is 21.6. The molecule has 0 atom stereocenters. The Hall–Kier alpha value is -9.12. The molecule has 7 heteroatoms. The lowest BCUT2D eigenvalue weighted by Gasteiger charge is -2.13. The molecule has 0 fully saturated rings. The highest BCUT2D eigenvalue weighted by Gasteiger charge is 2.23. The Balaban J connectivity index is 0.994. The fourth-order valence-corrected chi connectivity index (χ4v) is 9.63. The molecule has 0 saturated carbocycles. The number of hydrogen-bond donors (Lipinski definition) is 0. The molecule has 0 unspecified atom stereocenters. The molecule has 0 bridgehead atoms. The highest BCUT2D eigenvalue weighted by molar-refractivity contribution is 6.24. The van der Waals surface area contributed by atoms with E-state index in [0.717, 1.165) is 93.8 Å². The van der Waals surface area contributed by atoms with E-state index in [2.05, 4.69) is 130 Å². The average Bonchev–Trinajstić information content (AvgIpc) is 4.03. The number of rotatable bonds is 6. The minimum Gasteiger partial charge on any atom is -0.454 e. The predicted octanol–water partition coefficient (Wildman–Crippen LogP) is 14.5. The SMILES string of the molecule is N#Cc1cc(-c2nc(-c3ccccc3)nc(-c3cccc(-c4ccccc4)c3)n2)ccc1-n1c2ccccc2c2cc3c(cc21)oc1c3ccc2c3ccccc3n(-c3ccccc3)c21. The van der Waals surface area contributed by atoms with Crippen molar-refractivity contribution in [1.29, 1.82) is 5.26 Å². The van der Waals surface area contributed by atoms with Gasteiger partial charge in [-0.1, -0.05) is 140 Å². The summed E-state index contributed by atoms with van der Waals surface area (Å²) in [6, 6.07) is 73.1. The minimum absolute atomic E-state index is 0.479. The number of benzene rings is 9. The highest BCUT2D eigenvalue weighted by Crippen LogP contribution is 2.43. The van der Waals surface area contributed by atoms with Crippen LogP contribution in [-0.2, 0) is 0 Å². The Bertz CT molecular complexity index is 4070. The number of aromatic nitrogens is 5. The van der Waals surface area contributed by atoms with Crippen LogP contribution in [0.2, 0.25) is 0 Å². The third-order valence-electron chi connectivity index (χ3n) is 12.6. The van der Waals surface area contributed by atoms with E-state index in [1.807, 2.05) is 91.0 Å². The van der Waals surface area contributed by atoms with Crippen molar-refractivity contribution in [2.45, 2.75) is 0 Å². The van der Waals surface area contributed by atoms with Crippen molar-refractivity contribution in [3.8, 4) is 62.7 Å². The number of nitrogens with zero attached hydrogens (tertiary/aromatic N) is 6. The summed E-state index contributed by atoms with van der Waals surface area (Å²) in [5.41, 5.74) is 12.6. The van der Waals surface area contributed by atoms with E-state index in [0.29, 0.717) is 28.6 Å². The van der Waals surface area contributed by atoms with Gasteiger partial charge in [-0.05, 0) is 71.8 Å². The zero-order valence-corrected chi connectivity index (χ0v) is 34.7. The molecular formula is C58H34N6O. The largest absolute Gasteiger partial charge is 0.454 e. The molecule has 0 radical (unpaired) electrons. The van der Waals surface area contributed by atoms with Crippen LogP contribution in [0.3, 0.4) is 0 Å². The number of fused-ring (bicyclic) bond motifs is 10. The molecule has 0 saturated heterocycles. The maximum absolute atomic E-state index is 10.9. The summed E-state index contributed by atoms with van der Waals surface area (Å²) in [4.78, 5) is 15.1. The Kier molecular flexibility index (Phi) is 8.14. The molecule has 0 spiro atoms. The number of hydrogen-bond acceptors (Lipinski definition) is 5. The van der Waals surface area contributed by atoms with Crippen molar-refractivity contribution in [2.24, 2.45) is 0 Å². The molecule has 4 heterocycles. The van der Waals surface area contributed by atoms with Gasteiger partial charge in [0.2, 0.25) is 0 Å². The summed E-state index contributed by atoms with van der Waals surface area (Å²) in [5, 5.41) is 17.5. The molecule has 13 rings (SSSR count). The van der Waals surface area contributed by atoms with Crippen LogP contribution in [0.25, 0.3) is 122 Å². The fourth-order valence-electron chi connectivity index (χ4n) is 9.63. The van der Waals surface area contributed by atoms with Gasteiger partial charge in [-0.15, -0.1) is 0 Å². The molecule has 0 aliphatic heterocycles. The molecule has 9 aromatic carbocycles. The lowest BCUT2D eigenvalue weighted by atomic mass is 10.0. The maximum atomic E-state index is 10.9. The monoisotopic (exact) mass is 830 g/mol. The van der Waals surface area contributed by atoms with Gasteiger partial charge in [-0.2, -0.15) is 5.26 Å². The zero-order valence-electron chi connectivity index (χ0n) is 34.7. The number of nitriles is 1. The molecule has 7 nitrogen and oxygen atoms in total. The summed E-state index contributed by atoms with van der Waals surface area (Å²) < 4.78 is 11.5. The first-order valence-corrected chi connectivity index (χ1v) is 21.6. The molecule has 302 valence electrons. The van der Waals surface area contributed by atoms with Gasteiger partial charge in [0, 0.05) is 60.8 Å². The van der Waals surface area contributed by atoms with Crippen LogP contribution in [0, 0.1) is 11.3 Å². The van der Waals surface area contributed by atoms with Crippen LogP contribution in [0.5, 0.6) is 0 Å². The first kappa shape index (κ1) is 36.5. The predicted molar refractivity (Wildman–Crippen MR) is 262 cm³/mol. The first-order chi connectivity index (χ1) is 32.2. The minimum atomic E-state index is 0.479. The Morgan fingerprint density at radius 2 is 0.954 bits per heavy atom. The average molecular weight is 831 g/mol. The normalized spacial score (nSPS) is 11.7. The van der Waals surface area contributed by atoms with Crippen LogP contribution in [0.4, 0.5) is 0 Å². The van der Waals surface area contributed by atoms with Gasteiger partial charge in [0.25, 0.3) is 0 Å². The summed E-state index contributed by atoms with van der Waals surface area (Å²) in [6.45, 7) is 0. The van der Waals surface area contributed by atoms with Crippen LogP contribution >= 0.6 is 0 Å². The van der Waals surface area contributed by atoms with E-state index >= 15 is 0 Å². The van der Waals surface area contributed by atoms with Crippen molar-refractivity contribution in [2.75, 3.05) is 0 Å². The van der Waals surface area contributed by atoms with Gasteiger partial charge in [-0.25, -0.2) is 15.0 Å². The van der Waals surface area contributed by atoms with Crippen molar-refractivity contribution in [1.82, 2.24) is 24.1 Å². The van der Waals surface area contributed by atoms with Gasteiger partial charge < -0.3 is 13.6 Å². The molecule has 0 N–H and O–H groups in total. The summed E-state index contributed by atoms with van der Waals surface area (Å²) >= 11 is 0. The van der Waals surface area contributed by atoms with E-state index < -0.39 is 0 Å². The fraction of sp³-hybridized carbons (Fsp3) is 0. The molecule has 65 heavy (non-hydrogen) atoms. The molecule has 0 aliphatic carbocycles. The second-order valence-electron chi connectivity index (χ2n) is 16.3. The molecule has 13 aromatic rings. The topological polar surface area (TPSA) is 85.5 Å². The standard InChI is InChI=1S/C58H34N6O/c59-35-41-32-40(58-61-56(37-17-6-2-7-18-37)60-57(62-58)39-20-14-19-38(31-39)36-15-4-1-5-16-36)27-30-49(41)64-51-26-13-11-24-44(51)47-33-48-46-29-28-45-43-23-10-12-25-50(43)63(42-21-8-3-9-22-42)54(45)55(46)65-53(48)34-52(47)64/h1-34H. The second kappa shape index (κ2) is 14.5. The van der Waals surface area contributed by atoms with Gasteiger partial charge >= 0.3 is 0 Å². The van der Waals surface area contributed by atoms with Gasteiger partial charge in [0.15, 0.2) is 23.1 Å². The Morgan fingerprint density at radius 1 is 0.385 bits per heavy atom. The van der Waals surface area contributed by atoms with Crippen LogP contribution < -0.4 is 0 Å². The number of furan rings is 1. The van der Waals surface area contributed by atoms with Crippen molar-refractivity contribution >= 4 is 65.6 Å². The zero-order chi connectivity index (χ0) is 43.0. The van der Waals surface area contributed by atoms with E-state index in [4.69, 9.17) is 19.4 Å². The van der Waals surface area contributed by atoms with Crippen molar-refractivity contribution in [3.05, 3.63) is 212 Å². The van der Waals surface area contributed by atoms with E-state index in [1.54, 1.807) is 0 Å². The molecule has 0 amide bonds. The van der Waals surface area contributed by atoms with E-state index in [9.17, 15) is 5.26 Å². The Labute approximate surface area is 372 Å². The van der Waals surface area contributed by atoms with Gasteiger partial charge in [-0.3, -0.25) is 0 Å².